The van der Waals surface area contributed by atoms with E-state index in [4.69, 9.17) is 0 Å². The van der Waals surface area contributed by atoms with Crippen molar-refractivity contribution in [2.24, 2.45) is 0 Å². The highest BCUT2D eigenvalue weighted by molar-refractivity contribution is 7.80. The molecule has 0 spiro atoms. The summed E-state index contributed by atoms with van der Waals surface area (Å²) in [7, 11) is 0. The van der Waals surface area contributed by atoms with E-state index in [2.05, 4.69) is 12.6 Å². The molecule has 0 atom stereocenters. The molecule has 2 rings (SSSR count). The number of amides is 1. The van der Waals surface area contributed by atoms with Gasteiger partial charge in [0.25, 0.3) is 0 Å². The van der Waals surface area contributed by atoms with Crippen LogP contribution in [0, 0.1) is 5.82 Å². The molecular formula is C12H14FNO2S. The first-order valence-electron chi connectivity index (χ1n) is 5.42. The zero-order valence-electron chi connectivity index (χ0n) is 9.27. The summed E-state index contributed by atoms with van der Waals surface area (Å²) >= 11 is 3.99. The van der Waals surface area contributed by atoms with Crippen molar-refractivity contribution in [2.45, 2.75) is 12.0 Å². The molecule has 0 aliphatic carbocycles. The molecule has 1 N–H and O–H groups in total. The van der Waals surface area contributed by atoms with E-state index in [9.17, 15) is 14.3 Å². The third kappa shape index (κ3) is 2.45. The fraction of sp³-hybridized carbons (Fsp3) is 0.417. The van der Waals surface area contributed by atoms with Gasteiger partial charge in [-0.05, 0) is 23.4 Å². The first-order chi connectivity index (χ1) is 8.05. The molecule has 1 aromatic rings. The summed E-state index contributed by atoms with van der Waals surface area (Å²) in [5, 5.41) is 10.2. The Kier molecular flexibility index (Phi) is 3.40. The number of hydrogen-bond acceptors (Lipinski definition) is 3. The second-order valence-electron chi connectivity index (χ2n) is 4.26. The topological polar surface area (TPSA) is 40.5 Å². The van der Waals surface area contributed by atoms with Crippen LogP contribution in [0.15, 0.2) is 24.3 Å². The molecule has 5 heteroatoms. The molecule has 1 aliphatic heterocycles. The van der Waals surface area contributed by atoms with Crippen LogP contribution in [0.4, 0.5) is 4.39 Å². The quantitative estimate of drug-likeness (QED) is 0.796. The lowest BCUT2D eigenvalue weighted by atomic mass is 9.86. The highest BCUT2D eigenvalue weighted by Gasteiger charge is 2.44. The lowest BCUT2D eigenvalue weighted by molar-refractivity contribution is -0.156. The van der Waals surface area contributed by atoms with E-state index >= 15 is 0 Å². The van der Waals surface area contributed by atoms with Gasteiger partial charge in [-0.15, -0.1) is 0 Å². The molecule has 0 bridgehead atoms. The molecule has 0 unspecified atom stereocenters. The van der Waals surface area contributed by atoms with Gasteiger partial charge in [-0.25, -0.2) is 4.39 Å². The van der Waals surface area contributed by atoms with Crippen LogP contribution in [-0.4, -0.2) is 34.8 Å². The minimum atomic E-state index is -1.03. The first-order valence-corrected chi connectivity index (χ1v) is 6.05. The maximum atomic E-state index is 12.7. The van der Waals surface area contributed by atoms with Crippen LogP contribution in [0.1, 0.15) is 12.0 Å². The van der Waals surface area contributed by atoms with Gasteiger partial charge in [-0.3, -0.25) is 4.79 Å². The summed E-state index contributed by atoms with van der Waals surface area (Å²) in [6.45, 7) is 0.538. The summed E-state index contributed by atoms with van der Waals surface area (Å²) in [6, 6.07) is 5.72. The second-order valence-corrected chi connectivity index (χ2v) is 4.71. The van der Waals surface area contributed by atoms with Gasteiger partial charge < -0.3 is 10.0 Å². The maximum absolute atomic E-state index is 12.7. The van der Waals surface area contributed by atoms with Gasteiger partial charge in [0.2, 0.25) is 5.91 Å². The fourth-order valence-electron chi connectivity index (χ4n) is 1.96. The Hall–Kier alpha value is -1.07. The number of likely N-dealkylation sites (tertiary alicyclic amines) is 1. The molecule has 1 saturated heterocycles. The van der Waals surface area contributed by atoms with E-state index in [1.54, 1.807) is 17.0 Å². The van der Waals surface area contributed by atoms with Gasteiger partial charge in [-0.2, -0.15) is 12.6 Å². The Morgan fingerprint density at radius 3 is 2.53 bits per heavy atom. The number of carbonyl (C=O) groups excluding carboxylic acids is 1. The lowest BCUT2D eigenvalue weighted by Crippen LogP contribution is -2.61. The molecular weight excluding hydrogens is 241 g/mol. The summed E-state index contributed by atoms with van der Waals surface area (Å²) in [6.07, 6.45) is 0.378. The fourth-order valence-corrected chi connectivity index (χ4v) is 2.15. The molecule has 1 aliphatic rings. The van der Waals surface area contributed by atoms with Crippen LogP contribution in [0.2, 0.25) is 0 Å². The van der Waals surface area contributed by atoms with Crippen molar-refractivity contribution in [3.63, 3.8) is 0 Å². The third-order valence-corrected chi connectivity index (χ3v) is 3.19. The van der Waals surface area contributed by atoms with E-state index in [1.165, 1.54) is 12.1 Å². The van der Waals surface area contributed by atoms with E-state index in [0.29, 0.717) is 17.7 Å². The average molecular weight is 255 g/mol. The molecule has 1 heterocycles. The zero-order chi connectivity index (χ0) is 12.5. The molecule has 0 saturated carbocycles. The number of halogens is 1. The van der Waals surface area contributed by atoms with Gasteiger partial charge in [0.05, 0.1) is 13.1 Å². The summed E-state index contributed by atoms with van der Waals surface area (Å²) < 4.78 is 12.7. The van der Waals surface area contributed by atoms with Gasteiger partial charge in [0, 0.05) is 6.42 Å². The highest BCUT2D eigenvalue weighted by atomic mass is 32.1. The van der Waals surface area contributed by atoms with E-state index in [1.807, 2.05) is 0 Å². The number of thiol groups is 1. The molecule has 17 heavy (non-hydrogen) atoms. The number of benzene rings is 1. The largest absolute Gasteiger partial charge is 0.381 e. The zero-order valence-corrected chi connectivity index (χ0v) is 10.2. The number of nitrogens with zero attached hydrogens (tertiary/aromatic N) is 1. The van der Waals surface area contributed by atoms with Crippen LogP contribution in [0.5, 0.6) is 0 Å². The third-order valence-electron chi connectivity index (χ3n) is 2.96. The normalized spacial score (nSPS) is 17.7. The molecule has 0 aromatic heterocycles. The minimum absolute atomic E-state index is 0.00760. The Bertz CT molecular complexity index is 415. The number of β-amino-alcohol motifs (C(OH)–C–C–N with tert-alkyl or cyclic N) is 1. The van der Waals surface area contributed by atoms with Crippen LogP contribution in [-0.2, 0) is 10.4 Å². The van der Waals surface area contributed by atoms with Crippen LogP contribution < -0.4 is 0 Å². The smallest absolute Gasteiger partial charge is 0.223 e. The second kappa shape index (κ2) is 4.66. The molecule has 1 fully saturated rings. The summed E-state index contributed by atoms with van der Waals surface area (Å²) in [4.78, 5) is 13.1. The Morgan fingerprint density at radius 2 is 2.00 bits per heavy atom. The van der Waals surface area contributed by atoms with Crippen molar-refractivity contribution in [1.82, 2.24) is 4.90 Å². The van der Waals surface area contributed by atoms with Crippen molar-refractivity contribution in [3.05, 3.63) is 35.6 Å². The Morgan fingerprint density at radius 1 is 1.41 bits per heavy atom. The predicted molar refractivity (Wildman–Crippen MR) is 65.3 cm³/mol. The Balaban J connectivity index is 2.01. The summed E-state index contributed by atoms with van der Waals surface area (Å²) in [5.74, 6) is 0.163. The molecule has 3 nitrogen and oxygen atoms in total. The summed E-state index contributed by atoms with van der Waals surface area (Å²) in [5.41, 5.74) is -0.381. The van der Waals surface area contributed by atoms with Crippen LogP contribution >= 0.6 is 12.6 Å². The van der Waals surface area contributed by atoms with Crippen LogP contribution in [0.25, 0.3) is 0 Å². The van der Waals surface area contributed by atoms with Gasteiger partial charge in [0.1, 0.15) is 11.4 Å². The number of rotatable bonds is 3. The van der Waals surface area contributed by atoms with Crippen molar-refractivity contribution in [1.29, 1.82) is 0 Å². The number of aliphatic hydroxyl groups is 1. The molecule has 1 amide bonds. The van der Waals surface area contributed by atoms with Gasteiger partial charge >= 0.3 is 0 Å². The lowest BCUT2D eigenvalue weighted by Gasteiger charge is -2.46. The van der Waals surface area contributed by atoms with E-state index in [-0.39, 0.29) is 24.8 Å². The van der Waals surface area contributed by atoms with Gasteiger partial charge in [-0.1, -0.05) is 12.1 Å². The van der Waals surface area contributed by atoms with Crippen LogP contribution in [0.3, 0.4) is 0 Å². The monoisotopic (exact) mass is 255 g/mol. The van der Waals surface area contributed by atoms with Crippen molar-refractivity contribution < 1.29 is 14.3 Å². The highest BCUT2D eigenvalue weighted by Crippen LogP contribution is 2.32. The van der Waals surface area contributed by atoms with Crippen molar-refractivity contribution in [3.8, 4) is 0 Å². The predicted octanol–water partition coefficient (Wildman–Crippen LogP) is 1.18. The average Bonchev–Trinajstić information content (AvgIpc) is 2.26. The van der Waals surface area contributed by atoms with E-state index in [0.717, 1.165) is 0 Å². The SMILES string of the molecule is O=C(CCS)N1CC(O)(c2ccc(F)cc2)C1. The van der Waals surface area contributed by atoms with Crippen molar-refractivity contribution in [2.75, 3.05) is 18.8 Å². The van der Waals surface area contributed by atoms with E-state index < -0.39 is 5.60 Å². The Labute approximate surface area is 105 Å². The minimum Gasteiger partial charge on any atom is -0.381 e. The molecule has 1 aromatic carbocycles. The van der Waals surface area contributed by atoms with Gasteiger partial charge in [0.15, 0.2) is 0 Å². The maximum Gasteiger partial charge on any atom is 0.223 e. The van der Waals surface area contributed by atoms with Crippen molar-refractivity contribution >= 4 is 18.5 Å². The standard InChI is InChI=1S/C12H14FNO2S/c13-10-3-1-9(2-4-10)12(16)7-14(8-12)11(15)5-6-17/h1-4,16-17H,5-8H2. The molecule has 92 valence electrons. The number of hydrogen-bond donors (Lipinski definition) is 2. The molecule has 0 radical (unpaired) electrons. The first kappa shape index (κ1) is 12.4. The number of carbonyl (C=O) groups is 1.